The van der Waals surface area contributed by atoms with Crippen LogP contribution in [0.1, 0.15) is 11.1 Å². The fraction of sp³-hybridized carbons (Fsp3) is 0.200. The summed E-state index contributed by atoms with van der Waals surface area (Å²) < 4.78 is 13.8. The highest BCUT2D eigenvalue weighted by Crippen LogP contribution is 2.20. The van der Waals surface area contributed by atoms with Gasteiger partial charge in [0.25, 0.3) is 0 Å². The second-order valence-corrected chi connectivity index (χ2v) is 4.99. The maximum absolute atomic E-state index is 13.8. The second-order valence-electron chi connectivity index (χ2n) is 4.58. The van der Waals surface area contributed by atoms with E-state index in [1.54, 1.807) is 18.2 Å². The van der Waals surface area contributed by atoms with E-state index in [0.29, 0.717) is 18.7 Å². The molecule has 19 heavy (non-hydrogen) atoms. The summed E-state index contributed by atoms with van der Waals surface area (Å²) in [6, 6.07) is 12.7. The van der Waals surface area contributed by atoms with Crippen molar-refractivity contribution in [2.45, 2.75) is 13.1 Å². The van der Waals surface area contributed by atoms with Gasteiger partial charge in [-0.1, -0.05) is 41.9 Å². The average molecular weight is 279 g/mol. The minimum absolute atomic E-state index is 0.158. The van der Waals surface area contributed by atoms with Gasteiger partial charge in [-0.05, 0) is 24.7 Å². The van der Waals surface area contributed by atoms with Crippen molar-refractivity contribution in [3.8, 4) is 0 Å². The van der Waals surface area contributed by atoms with Gasteiger partial charge >= 0.3 is 0 Å². The van der Waals surface area contributed by atoms with E-state index in [-0.39, 0.29) is 10.8 Å². The molecule has 4 heteroatoms. The Labute approximate surface area is 117 Å². The highest BCUT2D eigenvalue weighted by Gasteiger charge is 2.09. The molecule has 2 N–H and O–H groups in total. The zero-order valence-corrected chi connectivity index (χ0v) is 11.5. The van der Waals surface area contributed by atoms with Gasteiger partial charge < -0.3 is 5.73 Å². The van der Waals surface area contributed by atoms with Crippen LogP contribution in [0.15, 0.2) is 42.5 Å². The summed E-state index contributed by atoms with van der Waals surface area (Å²) in [6.45, 7) is 1.15. The van der Waals surface area contributed by atoms with Crippen LogP contribution in [-0.4, -0.2) is 11.9 Å². The molecule has 2 aromatic carbocycles. The molecular formula is C15H16ClFN2. The predicted molar refractivity (Wildman–Crippen MR) is 77.4 cm³/mol. The first-order valence-electron chi connectivity index (χ1n) is 6.02. The number of hydrogen-bond donors (Lipinski definition) is 1. The number of benzene rings is 2. The smallest absolute Gasteiger partial charge is 0.146 e. The molecule has 0 saturated heterocycles. The first kappa shape index (κ1) is 13.8. The van der Waals surface area contributed by atoms with Crippen LogP contribution in [0.2, 0.25) is 5.02 Å². The first-order chi connectivity index (χ1) is 9.08. The summed E-state index contributed by atoms with van der Waals surface area (Å²) in [6.07, 6.45) is 0. The standard InChI is InChI=1S/C15H16ClFN2/c1-19(9-11-5-2-3-8-14(11)18)10-12-6-4-7-13(16)15(12)17/h2-8H,9-10,18H2,1H3. The first-order valence-corrected chi connectivity index (χ1v) is 6.40. The third kappa shape index (κ3) is 3.46. The second kappa shape index (κ2) is 6.04. The van der Waals surface area contributed by atoms with Crippen molar-refractivity contribution in [1.82, 2.24) is 4.90 Å². The maximum atomic E-state index is 13.8. The van der Waals surface area contributed by atoms with E-state index in [0.717, 1.165) is 11.3 Å². The molecule has 2 aromatic rings. The van der Waals surface area contributed by atoms with Gasteiger partial charge in [0, 0.05) is 24.3 Å². The zero-order valence-electron chi connectivity index (χ0n) is 10.7. The number of nitrogens with zero attached hydrogens (tertiary/aromatic N) is 1. The Morgan fingerprint density at radius 3 is 2.42 bits per heavy atom. The van der Waals surface area contributed by atoms with Crippen LogP contribution in [0, 0.1) is 5.82 Å². The fourth-order valence-electron chi connectivity index (χ4n) is 1.99. The molecule has 0 radical (unpaired) electrons. The highest BCUT2D eigenvalue weighted by molar-refractivity contribution is 6.30. The lowest BCUT2D eigenvalue weighted by Gasteiger charge is -2.18. The van der Waals surface area contributed by atoms with Crippen molar-refractivity contribution in [3.63, 3.8) is 0 Å². The SMILES string of the molecule is CN(Cc1ccccc1N)Cc1cccc(Cl)c1F. The van der Waals surface area contributed by atoms with E-state index in [1.165, 1.54) is 0 Å². The van der Waals surface area contributed by atoms with E-state index >= 15 is 0 Å². The van der Waals surface area contributed by atoms with Crippen molar-refractivity contribution in [3.05, 3.63) is 64.4 Å². The average Bonchev–Trinajstić information content (AvgIpc) is 2.38. The fourth-order valence-corrected chi connectivity index (χ4v) is 2.18. The maximum Gasteiger partial charge on any atom is 0.146 e. The highest BCUT2D eigenvalue weighted by atomic mass is 35.5. The van der Waals surface area contributed by atoms with Gasteiger partial charge in [-0.2, -0.15) is 0 Å². The normalized spacial score (nSPS) is 10.9. The molecule has 0 aromatic heterocycles. The number of hydrogen-bond acceptors (Lipinski definition) is 2. The molecule has 0 unspecified atom stereocenters. The third-order valence-corrected chi connectivity index (χ3v) is 3.26. The van der Waals surface area contributed by atoms with Crippen LogP contribution in [0.4, 0.5) is 10.1 Å². The molecule has 0 aliphatic heterocycles. The zero-order chi connectivity index (χ0) is 13.8. The number of halogens is 2. The Morgan fingerprint density at radius 1 is 1.05 bits per heavy atom. The minimum atomic E-state index is -0.350. The predicted octanol–water partition coefficient (Wildman–Crippen LogP) is 3.69. The molecule has 0 heterocycles. The van der Waals surface area contributed by atoms with E-state index < -0.39 is 0 Å². The number of para-hydroxylation sites is 1. The van der Waals surface area contributed by atoms with Crippen molar-refractivity contribution in [1.29, 1.82) is 0 Å². The number of nitrogen functional groups attached to an aromatic ring is 1. The molecule has 0 amide bonds. The lowest BCUT2D eigenvalue weighted by atomic mass is 10.1. The van der Waals surface area contributed by atoms with Gasteiger partial charge in [0.15, 0.2) is 0 Å². The third-order valence-electron chi connectivity index (χ3n) is 2.97. The van der Waals surface area contributed by atoms with E-state index in [9.17, 15) is 4.39 Å². The molecule has 0 saturated carbocycles. The molecule has 0 atom stereocenters. The van der Waals surface area contributed by atoms with Gasteiger partial charge in [-0.3, -0.25) is 4.90 Å². The molecule has 0 aliphatic rings. The van der Waals surface area contributed by atoms with E-state index in [4.69, 9.17) is 17.3 Å². The van der Waals surface area contributed by atoms with Gasteiger partial charge in [-0.15, -0.1) is 0 Å². The van der Waals surface area contributed by atoms with Crippen molar-refractivity contribution >= 4 is 17.3 Å². The number of rotatable bonds is 4. The topological polar surface area (TPSA) is 29.3 Å². The molecule has 100 valence electrons. The molecule has 2 rings (SSSR count). The monoisotopic (exact) mass is 278 g/mol. The molecule has 0 fully saturated rings. The van der Waals surface area contributed by atoms with Crippen LogP contribution in [0.25, 0.3) is 0 Å². The Morgan fingerprint density at radius 2 is 1.68 bits per heavy atom. The molecule has 0 spiro atoms. The summed E-state index contributed by atoms with van der Waals surface area (Å²) in [5.74, 6) is -0.350. The van der Waals surface area contributed by atoms with Crippen LogP contribution in [0.5, 0.6) is 0 Å². The summed E-state index contributed by atoms with van der Waals surface area (Å²) >= 11 is 5.77. The van der Waals surface area contributed by atoms with Crippen molar-refractivity contribution in [2.75, 3.05) is 12.8 Å². The Balaban J connectivity index is 2.08. The van der Waals surface area contributed by atoms with Crippen molar-refractivity contribution < 1.29 is 4.39 Å². The summed E-state index contributed by atoms with van der Waals surface area (Å²) in [4.78, 5) is 2.00. The number of nitrogens with two attached hydrogens (primary N) is 1. The summed E-state index contributed by atoms with van der Waals surface area (Å²) in [5, 5.41) is 0.158. The number of anilines is 1. The minimum Gasteiger partial charge on any atom is -0.398 e. The van der Waals surface area contributed by atoms with Gasteiger partial charge in [0.05, 0.1) is 5.02 Å². The van der Waals surface area contributed by atoms with Crippen LogP contribution in [-0.2, 0) is 13.1 Å². The molecular weight excluding hydrogens is 263 g/mol. The summed E-state index contributed by atoms with van der Waals surface area (Å²) in [7, 11) is 1.92. The lowest BCUT2D eigenvalue weighted by molar-refractivity contribution is 0.314. The molecule has 2 nitrogen and oxygen atoms in total. The van der Waals surface area contributed by atoms with Crippen molar-refractivity contribution in [2.24, 2.45) is 0 Å². The van der Waals surface area contributed by atoms with E-state index in [2.05, 4.69) is 0 Å². The van der Waals surface area contributed by atoms with Crippen LogP contribution in [0.3, 0.4) is 0 Å². The quantitative estimate of drug-likeness (QED) is 0.864. The van der Waals surface area contributed by atoms with Crippen LogP contribution >= 0.6 is 11.6 Å². The van der Waals surface area contributed by atoms with Gasteiger partial charge in [0.2, 0.25) is 0 Å². The van der Waals surface area contributed by atoms with Crippen LogP contribution < -0.4 is 5.73 Å². The van der Waals surface area contributed by atoms with Gasteiger partial charge in [-0.25, -0.2) is 4.39 Å². The molecule has 0 bridgehead atoms. The Kier molecular flexibility index (Phi) is 4.40. The molecule has 0 aliphatic carbocycles. The lowest BCUT2D eigenvalue weighted by Crippen LogP contribution is -2.18. The summed E-state index contributed by atoms with van der Waals surface area (Å²) in [5.41, 5.74) is 8.27. The Hall–Kier alpha value is -1.58. The largest absolute Gasteiger partial charge is 0.398 e. The van der Waals surface area contributed by atoms with E-state index in [1.807, 2.05) is 36.2 Å². The Bertz CT molecular complexity index is 572. The van der Waals surface area contributed by atoms with Gasteiger partial charge in [0.1, 0.15) is 5.82 Å².